The Morgan fingerprint density at radius 1 is 0.953 bits per heavy atom. The van der Waals surface area contributed by atoms with Crippen molar-refractivity contribution in [3.63, 3.8) is 0 Å². The summed E-state index contributed by atoms with van der Waals surface area (Å²) in [7, 11) is 0. The van der Waals surface area contributed by atoms with Gasteiger partial charge >= 0.3 is 6.16 Å². The van der Waals surface area contributed by atoms with E-state index in [-0.39, 0.29) is 25.3 Å². The van der Waals surface area contributed by atoms with Crippen LogP contribution in [0.15, 0.2) is 72.8 Å². The third-order valence-corrected chi connectivity index (χ3v) is 6.72. The van der Waals surface area contributed by atoms with Crippen LogP contribution in [0.5, 0.6) is 5.75 Å². The van der Waals surface area contributed by atoms with Crippen LogP contribution in [0, 0.1) is 11.6 Å². The summed E-state index contributed by atoms with van der Waals surface area (Å²) in [5, 5.41) is 12.4. The monoisotopic (exact) mass is 599 g/mol. The van der Waals surface area contributed by atoms with Crippen LogP contribution in [0.3, 0.4) is 0 Å². The molecule has 4 rings (SSSR count). The smallest absolute Gasteiger partial charge is 0.494 e. The maximum absolute atomic E-state index is 14.3. The Morgan fingerprint density at radius 2 is 1.70 bits per heavy atom. The lowest BCUT2D eigenvalue weighted by molar-refractivity contribution is -0.201. The third kappa shape index (κ3) is 10.3. The van der Waals surface area contributed by atoms with Crippen molar-refractivity contribution in [1.82, 2.24) is 5.06 Å². The minimum atomic E-state index is -1.01. The summed E-state index contributed by atoms with van der Waals surface area (Å²) in [4.78, 5) is 17.6. The lowest BCUT2D eigenvalue weighted by Crippen LogP contribution is -2.52. The second kappa shape index (κ2) is 15.2. The number of nitrogens with zero attached hydrogens (tertiary/aromatic N) is 1. The zero-order chi connectivity index (χ0) is 30.8. The van der Waals surface area contributed by atoms with Crippen molar-refractivity contribution < 1.29 is 42.5 Å². The fourth-order valence-corrected chi connectivity index (χ4v) is 4.75. The minimum Gasteiger partial charge on any atom is -0.494 e. The average molecular weight is 600 g/mol. The molecule has 0 spiro atoms. The van der Waals surface area contributed by atoms with E-state index >= 15 is 0 Å². The van der Waals surface area contributed by atoms with Gasteiger partial charge < -0.3 is 28.9 Å². The summed E-state index contributed by atoms with van der Waals surface area (Å²) < 4.78 is 50.9. The van der Waals surface area contributed by atoms with E-state index in [0.29, 0.717) is 25.6 Å². The summed E-state index contributed by atoms with van der Waals surface area (Å²) >= 11 is 0. The molecule has 3 unspecified atom stereocenters. The summed E-state index contributed by atoms with van der Waals surface area (Å²) in [6, 6.07) is 20.4. The lowest BCUT2D eigenvalue weighted by Gasteiger charge is -2.40. The molecule has 1 fully saturated rings. The van der Waals surface area contributed by atoms with Gasteiger partial charge in [0.15, 0.2) is 0 Å². The highest BCUT2D eigenvalue weighted by atomic mass is 19.1. The molecule has 0 radical (unpaired) electrons. The number of benzene rings is 3. The fourth-order valence-electron chi connectivity index (χ4n) is 4.75. The van der Waals surface area contributed by atoms with Crippen LogP contribution in [0.1, 0.15) is 49.8 Å². The van der Waals surface area contributed by atoms with Crippen molar-refractivity contribution in [3.8, 4) is 5.75 Å². The summed E-state index contributed by atoms with van der Waals surface area (Å²) in [6.45, 7) is 6.54. The zero-order valence-electron chi connectivity index (χ0n) is 24.7. The SMILES string of the molecule is CC(C)(C)OC(=O)ON1CC(O)C(c2ccc(OCCCOCc3ccccc3)cc2)C(OCc2cc(F)ccc2F)C1. The van der Waals surface area contributed by atoms with Gasteiger partial charge in [0.05, 0.1) is 51.7 Å². The van der Waals surface area contributed by atoms with Crippen LogP contribution in [0.4, 0.5) is 13.6 Å². The molecule has 3 aromatic rings. The molecular weight excluding hydrogens is 560 g/mol. The number of aliphatic hydroxyl groups is 1. The van der Waals surface area contributed by atoms with E-state index < -0.39 is 41.5 Å². The second-order valence-corrected chi connectivity index (χ2v) is 11.4. The van der Waals surface area contributed by atoms with Crippen molar-refractivity contribution in [2.75, 3.05) is 26.3 Å². The van der Waals surface area contributed by atoms with Gasteiger partial charge in [0.2, 0.25) is 0 Å². The highest BCUT2D eigenvalue weighted by molar-refractivity contribution is 5.60. The number of carbonyl (C=O) groups excluding carboxylic acids is 1. The molecule has 8 nitrogen and oxygen atoms in total. The Kier molecular flexibility index (Phi) is 11.5. The largest absolute Gasteiger partial charge is 0.528 e. The van der Waals surface area contributed by atoms with Crippen LogP contribution in [-0.4, -0.2) is 60.4 Å². The first kappa shape index (κ1) is 32.3. The first-order chi connectivity index (χ1) is 20.6. The molecule has 3 aromatic carbocycles. The molecule has 1 aliphatic heterocycles. The molecule has 0 aliphatic carbocycles. The normalized spacial score (nSPS) is 19.2. The average Bonchev–Trinajstić information content (AvgIpc) is 2.95. The molecule has 3 atom stereocenters. The Balaban J connectivity index is 1.36. The number of rotatable bonds is 12. The summed E-state index contributed by atoms with van der Waals surface area (Å²) in [5.41, 5.74) is 1.15. The number of hydrogen-bond donors (Lipinski definition) is 1. The van der Waals surface area contributed by atoms with Crippen molar-refractivity contribution in [1.29, 1.82) is 0 Å². The highest BCUT2D eigenvalue weighted by Crippen LogP contribution is 2.33. The lowest BCUT2D eigenvalue weighted by atomic mass is 9.85. The van der Waals surface area contributed by atoms with Crippen LogP contribution >= 0.6 is 0 Å². The van der Waals surface area contributed by atoms with Gasteiger partial charge in [0, 0.05) is 17.9 Å². The van der Waals surface area contributed by atoms with Gasteiger partial charge in [0.1, 0.15) is 23.0 Å². The Hall–Kier alpha value is -3.57. The van der Waals surface area contributed by atoms with E-state index in [1.165, 1.54) is 5.06 Å². The zero-order valence-corrected chi connectivity index (χ0v) is 24.7. The molecule has 0 aromatic heterocycles. The summed E-state index contributed by atoms with van der Waals surface area (Å²) in [5.74, 6) is -1.08. The molecule has 0 amide bonds. The topological polar surface area (TPSA) is 86.7 Å². The molecule has 43 heavy (non-hydrogen) atoms. The van der Waals surface area contributed by atoms with Crippen LogP contribution in [0.2, 0.25) is 0 Å². The molecule has 0 saturated carbocycles. The number of ether oxygens (including phenoxy) is 4. The predicted octanol–water partition coefficient (Wildman–Crippen LogP) is 6.16. The molecule has 0 bridgehead atoms. The van der Waals surface area contributed by atoms with Gasteiger partial charge in [0.25, 0.3) is 0 Å². The number of carbonyl (C=O) groups is 1. The predicted molar refractivity (Wildman–Crippen MR) is 155 cm³/mol. The second-order valence-electron chi connectivity index (χ2n) is 11.4. The molecule has 1 heterocycles. The van der Waals surface area contributed by atoms with Crippen molar-refractivity contribution in [3.05, 3.63) is 101 Å². The Labute approximate surface area is 251 Å². The number of hydrogen-bond acceptors (Lipinski definition) is 8. The van der Waals surface area contributed by atoms with E-state index in [4.69, 9.17) is 23.8 Å². The maximum atomic E-state index is 14.3. The van der Waals surface area contributed by atoms with E-state index in [1.54, 1.807) is 32.9 Å². The highest BCUT2D eigenvalue weighted by Gasteiger charge is 2.40. The molecule has 232 valence electrons. The van der Waals surface area contributed by atoms with Crippen molar-refractivity contribution in [2.45, 2.75) is 64.1 Å². The number of halogens is 2. The number of β-amino-alcohol motifs (C(OH)–C–C–N with tert-alkyl or cyclic N) is 1. The molecule has 10 heteroatoms. The minimum absolute atomic E-state index is 0.000666. The molecular formula is C33H39F2NO7. The molecule has 1 saturated heterocycles. The van der Waals surface area contributed by atoms with Crippen LogP contribution < -0.4 is 4.74 Å². The van der Waals surface area contributed by atoms with Crippen molar-refractivity contribution >= 4 is 6.16 Å². The fraction of sp³-hybridized carbons (Fsp3) is 0.424. The third-order valence-electron chi connectivity index (χ3n) is 6.72. The Bertz CT molecular complexity index is 1300. The van der Waals surface area contributed by atoms with Gasteiger partial charge in [-0.1, -0.05) is 42.5 Å². The first-order valence-corrected chi connectivity index (χ1v) is 14.3. The number of hydroxylamine groups is 2. The standard InChI is InChI=1S/C33H39F2NO7/c1-33(2,3)42-32(38)43-36-19-29(37)31(30(20-36)41-22-25-18-26(34)12-15-28(25)35)24-10-13-27(14-11-24)40-17-7-16-39-21-23-8-5-4-6-9-23/h4-6,8-15,18,29-31,37H,7,16-17,19-22H2,1-3H3. The van der Waals surface area contributed by atoms with Crippen LogP contribution in [0.25, 0.3) is 0 Å². The molecule has 1 aliphatic rings. The number of piperidine rings is 1. The summed E-state index contributed by atoms with van der Waals surface area (Å²) in [6.07, 6.45) is -1.94. The van der Waals surface area contributed by atoms with Gasteiger partial charge in [-0.15, -0.1) is 5.06 Å². The van der Waals surface area contributed by atoms with Crippen molar-refractivity contribution in [2.24, 2.45) is 0 Å². The quantitative estimate of drug-likeness (QED) is 0.196. The van der Waals surface area contributed by atoms with Gasteiger partial charge in [-0.05, 0) is 62.2 Å². The number of aliphatic hydroxyl groups excluding tert-OH is 1. The Morgan fingerprint density at radius 3 is 2.42 bits per heavy atom. The van der Waals surface area contributed by atoms with E-state index in [0.717, 1.165) is 35.7 Å². The molecule has 1 N–H and O–H groups in total. The van der Waals surface area contributed by atoms with E-state index in [2.05, 4.69) is 0 Å². The van der Waals surface area contributed by atoms with E-state index in [9.17, 15) is 18.7 Å². The van der Waals surface area contributed by atoms with Gasteiger partial charge in [-0.25, -0.2) is 13.6 Å². The van der Waals surface area contributed by atoms with Crippen LogP contribution in [-0.2, 0) is 32.3 Å². The first-order valence-electron chi connectivity index (χ1n) is 14.3. The maximum Gasteiger partial charge on any atom is 0.528 e. The van der Waals surface area contributed by atoms with E-state index in [1.807, 2.05) is 42.5 Å². The van der Waals surface area contributed by atoms with Gasteiger partial charge in [-0.2, -0.15) is 0 Å². The van der Waals surface area contributed by atoms with Gasteiger partial charge in [-0.3, -0.25) is 0 Å².